The van der Waals surface area contributed by atoms with Crippen molar-refractivity contribution in [3.63, 3.8) is 0 Å². The van der Waals surface area contributed by atoms with E-state index < -0.39 is 21.7 Å². The van der Waals surface area contributed by atoms with Crippen LogP contribution < -0.4 is 10.2 Å². The summed E-state index contributed by atoms with van der Waals surface area (Å²) in [6, 6.07) is 6.02. The second kappa shape index (κ2) is 6.95. The summed E-state index contributed by atoms with van der Waals surface area (Å²) >= 11 is 0. The minimum Gasteiger partial charge on any atom is -0.326 e. The zero-order valence-corrected chi connectivity index (χ0v) is 18.1. The summed E-state index contributed by atoms with van der Waals surface area (Å²) < 4.78 is 25.4. The van der Waals surface area contributed by atoms with E-state index in [0.29, 0.717) is 34.5 Å². The van der Waals surface area contributed by atoms with Gasteiger partial charge in [-0.05, 0) is 37.6 Å². The van der Waals surface area contributed by atoms with Gasteiger partial charge in [-0.1, -0.05) is 0 Å². The van der Waals surface area contributed by atoms with Crippen LogP contribution in [0.3, 0.4) is 0 Å². The fraction of sp³-hybridized carbons (Fsp3) is 0.286. The molecule has 10 nitrogen and oxygen atoms in total. The van der Waals surface area contributed by atoms with Crippen LogP contribution in [0.2, 0.25) is 0 Å². The number of amides is 3. The number of aromatic nitrogens is 3. The lowest BCUT2D eigenvalue weighted by Gasteiger charge is -2.14. The Morgan fingerprint density at radius 1 is 1.16 bits per heavy atom. The SMILES string of the molecule is CC(=O)Nc1ccc(N2C(=O)c3cnc4c(c(C)nn4C4CCS(=O)(=O)C4)c3C2=O)cc1. The molecule has 3 aromatic rings. The highest BCUT2D eigenvalue weighted by molar-refractivity contribution is 7.91. The molecule has 2 aliphatic heterocycles. The van der Waals surface area contributed by atoms with Gasteiger partial charge >= 0.3 is 0 Å². The molecule has 5 rings (SSSR count). The normalized spacial score (nSPS) is 19.6. The van der Waals surface area contributed by atoms with E-state index in [-0.39, 0.29) is 34.6 Å². The topological polar surface area (TPSA) is 131 Å². The Hall–Kier alpha value is -3.60. The monoisotopic (exact) mass is 453 g/mol. The average molecular weight is 453 g/mol. The minimum absolute atomic E-state index is 0.0262. The Kier molecular flexibility index (Phi) is 4.41. The number of pyridine rings is 1. The van der Waals surface area contributed by atoms with E-state index in [1.807, 2.05) is 0 Å². The third-order valence-corrected chi connectivity index (χ3v) is 7.50. The van der Waals surface area contributed by atoms with Crippen molar-refractivity contribution in [1.82, 2.24) is 14.8 Å². The molecule has 2 aliphatic rings. The molecule has 3 amide bonds. The second-order valence-electron chi connectivity index (χ2n) is 8.01. The van der Waals surface area contributed by atoms with E-state index in [9.17, 15) is 22.8 Å². The summed E-state index contributed by atoms with van der Waals surface area (Å²) in [5, 5.41) is 7.58. The molecule has 0 aliphatic carbocycles. The van der Waals surface area contributed by atoms with Gasteiger partial charge in [0.1, 0.15) is 0 Å². The standard InChI is InChI=1S/C21H19N5O5S/c1-11-17-18-16(9-22-19(17)26(24-11)15-7-8-32(30,31)10-15)20(28)25(21(18)29)14-5-3-13(4-6-14)23-12(2)27/h3-6,9,15H,7-8,10H2,1-2H3,(H,23,27). The third-order valence-electron chi connectivity index (χ3n) is 5.75. The van der Waals surface area contributed by atoms with Crippen LogP contribution in [0.5, 0.6) is 0 Å². The third kappa shape index (κ3) is 3.08. The van der Waals surface area contributed by atoms with Crippen LogP contribution in [0, 0.1) is 6.92 Å². The van der Waals surface area contributed by atoms with Crippen LogP contribution in [0.4, 0.5) is 11.4 Å². The van der Waals surface area contributed by atoms with Gasteiger partial charge in [-0.2, -0.15) is 5.10 Å². The predicted molar refractivity (Wildman–Crippen MR) is 116 cm³/mol. The van der Waals surface area contributed by atoms with Crippen molar-refractivity contribution in [1.29, 1.82) is 0 Å². The molecule has 4 heterocycles. The maximum atomic E-state index is 13.3. The highest BCUT2D eigenvalue weighted by Gasteiger charge is 2.41. The maximum Gasteiger partial charge on any atom is 0.267 e. The summed E-state index contributed by atoms with van der Waals surface area (Å²) in [5.74, 6) is -1.16. The number of rotatable bonds is 3. The van der Waals surface area contributed by atoms with Crippen LogP contribution >= 0.6 is 0 Å². The molecule has 164 valence electrons. The maximum absolute atomic E-state index is 13.3. The highest BCUT2D eigenvalue weighted by Crippen LogP contribution is 2.36. The minimum atomic E-state index is -3.13. The van der Waals surface area contributed by atoms with Crippen LogP contribution in [0.1, 0.15) is 45.8 Å². The van der Waals surface area contributed by atoms with Crippen molar-refractivity contribution >= 4 is 50.0 Å². The van der Waals surface area contributed by atoms with Crippen LogP contribution in [0.25, 0.3) is 11.0 Å². The summed E-state index contributed by atoms with van der Waals surface area (Å²) in [6.45, 7) is 3.10. The van der Waals surface area contributed by atoms with Gasteiger partial charge in [0.05, 0.1) is 45.4 Å². The van der Waals surface area contributed by atoms with Crippen molar-refractivity contribution in [2.45, 2.75) is 26.3 Å². The molecule has 0 radical (unpaired) electrons. The number of carbonyl (C=O) groups is 3. The lowest BCUT2D eigenvalue weighted by Crippen LogP contribution is -2.29. The van der Waals surface area contributed by atoms with E-state index >= 15 is 0 Å². The quantitative estimate of drug-likeness (QED) is 0.599. The van der Waals surface area contributed by atoms with Gasteiger partial charge in [-0.15, -0.1) is 0 Å². The molecule has 1 atom stereocenters. The number of aryl methyl sites for hydroxylation is 1. The zero-order valence-electron chi connectivity index (χ0n) is 17.3. The Balaban J connectivity index is 1.57. The lowest BCUT2D eigenvalue weighted by atomic mass is 10.1. The van der Waals surface area contributed by atoms with Crippen LogP contribution in [-0.2, 0) is 14.6 Å². The number of imide groups is 1. The lowest BCUT2D eigenvalue weighted by molar-refractivity contribution is -0.114. The van der Waals surface area contributed by atoms with Crippen molar-refractivity contribution in [2.75, 3.05) is 21.7 Å². The molecule has 11 heteroatoms. The van der Waals surface area contributed by atoms with Crippen molar-refractivity contribution in [3.8, 4) is 0 Å². The summed E-state index contributed by atoms with van der Waals surface area (Å²) in [7, 11) is -3.13. The zero-order chi connectivity index (χ0) is 22.8. The molecule has 0 saturated carbocycles. The predicted octanol–water partition coefficient (Wildman–Crippen LogP) is 1.86. The van der Waals surface area contributed by atoms with E-state index in [4.69, 9.17) is 0 Å². The first-order valence-corrected chi connectivity index (χ1v) is 11.8. The van der Waals surface area contributed by atoms with Gasteiger partial charge in [0, 0.05) is 18.8 Å². The van der Waals surface area contributed by atoms with Gasteiger partial charge in [-0.25, -0.2) is 23.0 Å². The molecule has 1 unspecified atom stereocenters. The number of nitrogens with one attached hydrogen (secondary N) is 1. The van der Waals surface area contributed by atoms with Gasteiger partial charge in [0.2, 0.25) is 5.91 Å². The highest BCUT2D eigenvalue weighted by atomic mass is 32.2. The Labute approximate surface area is 183 Å². The largest absolute Gasteiger partial charge is 0.326 e. The smallest absolute Gasteiger partial charge is 0.267 e. The first-order chi connectivity index (χ1) is 15.2. The van der Waals surface area contributed by atoms with Crippen LogP contribution in [0.15, 0.2) is 30.5 Å². The molecule has 1 saturated heterocycles. The Morgan fingerprint density at radius 3 is 2.50 bits per heavy atom. The number of fused-ring (bicyclic) bond motifs is 3. The molecule has 32 heavy (non-hydrogen) atoms. The van der Waals surface area contributed by atoms with Crippen LogP contribution in [-0.4, -0.2) is 52.4 Å². The summed E-state index contributed by atoms with van der Waals surface area (Å²) in [4.78, 5) is 43.1. The second-order valence-corrected chi connectivity index (χ2v) is 10.2. The summed E-state index contributed by atoms with van der Waals surface area (Å²) in [6.07, 6.45) is 1.78. The first kappa shape index (κ1) is 20.3. The number of nitrogens with zero attached hydrogens (tertiary/aromatic N) is 4. The molecule has 1 aromatic carbocycles. The van der Waals surface area contributed by atoms with Crippen molar-refractivity contribution < 1.29 is 22.8 Å². The Morgan fingerprint density at radius 2 is 1.88 bits per heavy atom. The number of sulfone groups is 1. The van der Waals surface area contributed by atoms with Crippen molar-refractivity contribution in [2.24, 2.45) is 0 Å². The number of hydrogen-bond acceptors (Lipinski definition) is 7. The van der Waals surface area contributed by atoms with E-state index in [1.165, 1.54) is 13.1 Å². The summed E-state index contributed by atoms with van der Waals surface area (Å²) in [5.41, 5.74) is 2.21. The Bertz CT molecular complexity index is 1430. The molecule has 2 aromatic heterocycles. The van der Waals surface area contributed by atoms with Gasteiger partial charge < -0.3 is 5.32 Å². The van der Waals surface area contributed by atoms with Gasteiger partial charge in [0.15, 0.2) is 15.5 Å². The molecule has 0 bridgehead atoms. The number of benzene rings is 1. The van der Waals surface area contributed by atoms with E-state index in [1.54, 1.807) is 35.9 Å². The van der Waals surface area contributed by atoms with E-state index in [0.717, 1.165) is 4.90 Å². The fourth-order valence-electron chi connectivity index (χ4n) is 4.34. The molecular weight excluding hydrogens is 434 g/mol. The number of hydrogen-bond donors (Lipinski definition) is 1. The fourth-order valence-corrected chi connectivity index (χ4v) is 6.03. The molecular formula is C21H19N5O5S. The average Bonchev–Trinajstić information content (AvgIpc) is 3.34. The first-order valence-electron chi connectivity index (χ1n) is 10.0. The van der Waals surface area contributed by atoms with Gasteiger partial charge in [-0.3, -0.25) is 14.4 Å². The van der Waals surface area contributed by atoms with Crippen molar-refractivity contribution in [3.05, 3.63) is 47.3 Å². The molecule has 1 fully saturated rings. The molecule has 0 spiro atoms. The number of anilines is 2. The van der Waals surface area contributed by atoms with Gasteiger partial charge in [0.25, 0.3) is 11.8 Å². The number of carbonyl (C=O) groups excluding carboxylic acids is 3. The van der Waals surface area contributed by atoms with E-state index in [2.05, 4.69) is 15.4 Å². The molecule has 1 N–H and O–H groups in total.